The number of benzene rings is 1. The third kappa shape index (κ3) is 3.31. The van der Waals surface area contributed by atoms with E-state index < -0.39 is 0 Å². The molecule has 1 aromatic carbocycles. The Hall–Kier alpha value is -2.95. The van der Waals surface area contributed by atoms with E-state index in [1.54, 1.807) is 17.7 Å². The van der Waals surface area contributed by atoms with Crippen LogP contribution in [-0.4, -0.2) is 20.7 Å². The van der Waals surface area contributed by atoms with Crippen molar-refractivity contribution in [2.24, 2.45) is 0 Å². The van der Waals surface area contributed by atoms with Crippen molar-refractivity contribution in [3.63, 3.8) is 0 Å². The third-order valence-corrected chi connectivity index (χ3v) is 4.06. The molecule has 0 atom stereocenters. The van der Waals surface area contributed by atoms with Crippen LogP contribution in [0.15, 0.2) is 36.4 Å². The Morgan fingerprint density at radius 3 is 2.56 bits per heavy atom. The standard InChI is InChI=1S/C20H22N4O/c1-6-7-19(25)21-18-11-15(5)23-24(18)17-10-13(3)16-9-12(2)8-14(4)20(16)22-17/h6-11H,1-5H3,(H,21,25)/b7-6+. The van der Waals surface area contributed by atoms with Crippen LogP contribution in [0.1, 0.15) is 29.3 Å². The van der Waals surface area contributed by atoms with Crippen molar-refractivity contribution in [3.05, 3.63) is 58.8 Å². The van der Waals surface area contributed by atoms with Gasteiger partial charge in [0, 0.05) is 11.5 Å². The second kappa shape index (κ2) is 6.51. The number of carbonyl (C=O) groups is 1. The molecule has 2 aromatic heterocycles. The van der Waals surface area contributed by atoms with Crippen LogP contribution in [0.5, 0.6) is 0 Å². The summed E-state index contributed by atoms with van der Waals surface area (Å²) >= 11 is 0. The molecular formula is C20H22N4O. The number of nitrogens with zero attached hydrogens (tertiary/aromatic N) is 3. The van der Waals surface area contributed by atoms with Gasteiger partial charge in [-0.15, -0.1) is 0 Å². The zero-order valence-electron chi connectivity index (χ0n) is 15.2. The Morgan fingerprint density at radius 1 is 1.08 bits per heavy atom. The maximum absolute atomic E-state index is 11.9. The van der Waals surface area contributed by atoms with Gasteiger partial charge in [0.05, 0.1) is 11.2 Å². The van der Waals surface area contributed by atoms with Gasteiger partial charge in [-0.05, 0) is 64.0 Å². The van der Waals surface area contributed by atoms with Crippen LogP contribution in [0.2, 0.25) is 0 Å². The van der Waals surface area contributed by atoms with Gasteiger partial charge < -0.3 is 5.32 Å². The summed E-state index contributed by atoms with van der Waals surface area (Å²) in [6.45, 7) is 9.92. The van der Waals surface area contributed by atoms with Crippen molar-refractivity contribution in [1.82, 2.24) is 14.8 Å². The maximum Gasteiger partial charge on any atom is 0.249 e. The van der Waals surface area contributed by atoms with Gasteiger partial charge in [-0.3, -0.25) is 4.79 Å². The second-order valence-corrected chi connectivity index (χ2v) is 6.35. The predicted octanol–water partition coefficient (Wildman–Crippen LogP) is 4.17. The van der Waals surface area contributed by atoms with Gasteiger partial charge in [-0.2, -0.15) is 9.78 Å². The third-order valence-electron chi connectivity index (χ3n) is 4.06. The van der Waals surface area contributed by atoms with E-state index in [4.69, 9.17) is 4.98 Å². The van der Waals surface area contributed by atoms with Gasteiger partial charge in [-0.1, -0.05) is 17.7 Å². The summed E-state index contributed by atoms with van der Waals surface area (Å²) in [6, 6.07) is 8.11. The first-order chi connectivity index (χ1) is 11.9. The Kier molecular flexibility index (Phi) is 4.40. The average molecular weight is 334 g/mol. The monoisotopic (exact) mass is 334 g/mol. The Balaban J connectivity index is 2.15. The molecule has 0 aliphatic heterocycles. The molecule has 0 fully saturated rings. The molecule has 0 radical (unpaired) electrons. The number of hydrogen-bond donors (Lipinski definition) is 1. The molecule has 0 bridgehead atoms. The van der Waals surface area contributed by atoms with Crippen molar-refractivity contribution in [1.29, 1.82) is 0 Å². The number of hydrogen-bond acceptors (Lipinski definition) is 3. The van der Waals surface area contributed by atoms with Crippen LogP contribution in [-0.2, 0) is 4.79 Å². The van der Waals surface area contributed by atoms with E-state index in [-0.39, 0.29) is 5.91 Å². The number of rotatable bonds is 3. The zero-order valence-corrected chi connectivity index (χ0v) is 15.2. The van der Waals surface area contributed by atoms with Gasteiger partial charge in [0.2, 0.25) is 5.91 Å². The molecule has 3 aromatic rings. The quantitative estimate of drug-likeness (QED) is 0.731. The van der Waals surface area contributed by atoms with E-state index >= 15 is 0 Å². The lowest BCUT2D eigenvalue weighted by molar-refractivity contribution is -0.111. The van der Waals surface area contributed by atoms with Crippen molar-refractivity contribution in [2.75, 3.05) is 5.32 Å². The highest BCUT2D eigenvalue weighted by Gasteiger charge is 2.13. The highest BCUT2D eigenvalue weighted by atomic mass is 16.1. The topological polar surface area (TPSA) is 59.8 Å². The smallest absolute Gasteiger partial charge is 0.249 e. The number of aromatic nitrogens is 3. The molecule has 0 spiro atoms. The minimum absolute atomic E-state index is 0.187. The highest BCUT2D eigenvalue weighted by Crippen LogP contribution is 2.25. The molecule has 0 aliphatic carbocycles. The lowest BCUT2D eigenvalue weighted by atomic mass is 10.0. The van der Waals surface area contributed by atoms with Gasteiger partial charge in [0.1, 0.15) is 5.82 Å². The summed E-state index contributed by atoms with van der Waals surface area (Å²) in [5.41, 5.74) is 5.25. The van der Waals surface area contributed by atoms with Crippen LogP contribution in [0.4, 0.5) is 5.82 Å². The molecule has 1 N–H and O–H groups in total. The first-order valence-corrected chi connectivity index (χ1v) is 8.28. The van der Waals surface area contributed by atoms with Crippen LogP contribution in [0.3, 0.4) is 0 Å². The van der Waals surface area contributed by atoms with Crippen LogP contribution in [0.25, 0.3) is 16.7 Å². The summed E-state index contributed by atoms with van der Waals surface area (Å²) in [6.07, 6.45) is 3.19. The molecule has 0 unspecified atom stereocenters. The molecule has 5 nitrogen and oxygen atoms in total. The molecule has 128 valence electrons. The van der Waals surface area contributed by atoms with Gasteiger partial charge in [0.15, 0.2) is 5.82 Å². The molecule has 25 heavy (non-hydrogen) atoms. The molecule has 2 heterocycles. The summed E-state index contributed by atoms with van der Waals surface area (Å²) in [5, 5.41) is 8.50. The number of amides is 1. The summed E-state index contributed by atoms with van der Waals surface area (Å²) < 4.78 is 1.68. The Bertz CT molecular complexity index is 999. The lowest BCUT2D eigenvalue weighted by Gasteiger charge is -2.12. The Morgan fingerprint density at radius 2 is 1.84 bits per heavy atom. The zero-order chi connectivity index (χ0) is 18.1. The van der Waals surface area contributed by atoms with E-state index in [1.807, 2.05) is 19.1 Å². The highest BCUT2D eigenvalue weighted by molar-refractivity contribution is 5.98. The summed E-state index contributed by atoms with van der Waals surface area (Å²) in [7, 11) is 0. The fraction of sp³-hybridized carbons (Fsp3) is 0.250. The Labute approximate surface area is 147 Å². The summed E-state index contributed by atoms with van der Waals surface area (Å²) in [5.74, 6) is 1.12. The number of carbonyl (C=O) groups excluding carboxylic acids is 1. The second-order valence-electron chi connectivity index (χ2n) is 6.35. The van der Waals surface area contributed by atoms with E-state index in [0.29, 0.717) is 11.6 Å². The maximum atomic E-state index is 11.9. The van der Waals surface area contributed by atoms with E-state index in [1.165, 1.54) is 11.6 Å². The number of pyridine rings is 1. The van der Waals surface area contributed by atoms with Gasteiger partial charge >= 0.3 is 0 Å². The first-order valence-electron chi connectivity index (χ1n) is 8.28. The predicted molar refractivity (Wildman–Crippen MR) is 101 cm³/mol. The number of anilines is 1. The number of allylic oxidation sites excluding steroid dienone is 1. The normalized spacial score (nSPS) is 11.4. The minimum Gasteiger partial charge on any atom is -0.307 e. The molecule has 3 rings (SSSR count). The first kappa shape index (κ1) is 16.9. The fourth-order valence-corrected chi connectivity index (χ4v) is 3.02. The molecule has 5 heteroatoms. The molecule has 0 aliphatic rings. The van der Waals surface area contributed by atoms with Crippen molar-refractivity contribution in [2.45, 2.75) is 34.6 Å². The van der Waals surface area contributed by atoms with Crippen LogP contribution < -0.4 is 5.32 Å². The number of aryl methyl sites for hydroxylation is 4. The SMILES string of the molecule is C/C=C/C(=O)Nc1cc(C)nn1-c1cc(C)c2cc(C)cc(C)c2n1. The minimum atomic E-state index is -0.187. The molecule has 1 amide bonds. The van der Waals surface area contributed by atoms with Crippen molar-refractivity contribution < 1.29 is 4.79 Å². The van der Waals surface area contributed by atoms with E-state index in [9.17, 15) is 4.79 Å². The number of fused-ring (bicyclic) bond motifs is 1. The molecule has 0 saturated heterocycles. The van der Waals surface area contributed by atoms with Crippen LogP contribution >= 0.6 is 0 Å². The van der Waals surface area contributed by atoms with E-state index in [0.717, 1.165) is 27.7 Å². The fourth-order valence-electron chi connectivity index (χ4n) is 3.02. The molecular weight excluding hydrogens is 312 g/mol. The van der Waals surface area contributed by atoms with Crippen molar-refractivity contribution in [3.8, 4) is 5.82 Å². The molecule has 0 saturated carbocycles. The van der Waals surface area contributed by atoms with Crippen LogP contribution in [0, 0.1) is 27.7 Å². The average Bonchev–Trinajstić information content (AvgIpc) is 2.88. The largest absolute Gasteiger partial charge is 0.307 e. The lowest BCUT2D eigenvalue weighted by Crippen LogP contribution is -2.13. The van der Waals surface area contributed by atoms with Gasteiger partial charge in [-0.25, -0.2) is 4.98 Å². The van der Waals surface area contributed by atoms with E-state index in [2.05, 4.69) is 43.3 Å². The van der Waals surface area contributed by atoms with Crippen molar-refractivity contribution >= 4 is 22.6 Å². The summed E-state index contributed by atoms with van der Waals surface area (Å²) in [4.78, 5) is 16.7. The number of nitrogens with one attached hydrogen (secondary N) is 1. The van der Waals surface area contributed by atoms with Gasteiger partial charge in [0.25, 0.3) is 0 Å².